The van der Waals surface area contributed by atoms with Crippen molar-refractivity contribution in [3.63, 3.8) is 0 Å². The topological polar surface area (TPSA) is 0 Å². The smallest absolute Gasteiger partial charge is 0.0882 e. The van der Waals surface area contributed by atoms with Crippen molar-refractivity contribution in [3.8, 4) is 0 Å². The zero-order chi connectivity index (χ0) is 14.1. The van der Waals surface area contributed by atoms with Gasteiger partial charge in [0, 0.05) is 10.4 Å². The molecule has 20 heavy (non-hydrogen) atoms. The summed E-state index contributed by atoms with van der Waals surface area (Å²) in [4.78, 5) is 0. The third-order valence-electron chi connectivity index (χ3n) is 5.60. The largest absolute Gasteiger partial charge is 0.325 e. The highest BCUT2D eigenvalue weighted by Crippen LogP contribution is 2.43. The van der Waals surface area contributed by atoms with Crippen molar-refractivity contribution < 1.29 is 4.48 Å². The Kier molecular flexibility index (Phi) is 4.10. The van der Waals surface area contributed by atoms with Crippen LogP contribution in [0.25, 0.3) is 0 Å². The van der Waals surface area contributed by atoms with Gasteiger partial charge in [-0.1, -0.05) is 36.6 Å². The van der Waals surface area contributed by atoms with Crippen molar-refractivity contribution in [2.24, 2.45) is 0 Å². The number of likely N-dealkylation sites (tertiary alicyclic amines) is 1. The lowest BCUT2D eigenvalue weighted by Gasteiger charge is -2.44. The molecular weight excluding hydrogens is 266 g/mol. The lowest BCUT2D eigenvalue weighted by Crippen LogP contribution is -2.54. The monoisotopic (exact) mass is 292 g/mol. The van der Waals surface area contributed by atoms with Crippen molar-refractivity contribution >= 4 is 11.6 Å². The number of piperidine rings is 1. The van der Waals surface area contributed by atoms with Crippen LogP contribution in [-0.4, -0.2) is 31.2 Å². The second kappa shape index (κ2) is 5.69. The summed E-state index contributed by atoms with van der Waals surface area (Å²) in [7, 11) is 2.48. The zero-order valence-electron chi connectivity index (χ0n) is 12.7. The van der Waals surface area contributed by atoms with Crippen LogP contribution in [0, 0.1) is 0 Å². The van der Waals surface area contributed by atoms with Crippen LogP contribution in [0.15, 0.2) is 24.3 Å². The second-order valence-corrected chi connectivity index (χ2v) is 7.72. The van der Waals surface area contributed by atoms with Crippen LogP contribution in [-0.2, 0) is 5.41 Å². The average Bonchev–Trinajstić information content (AvgIpc) is 2.89. The molecule has 0 atom stereocenters. The molecule has 0 bridgehead atoms. The fourth-order valence-corrected chi connectivity index (χ4v) is 4.68. The van der Waals surface area contributed by atoms with Gasteiger partial charge in [0.1, 0.15) is 0 Å². The number of quaternary nitrogens is 1. The summed E-state index contributed by atoms with van der Waals surface area (Å²) in [6.07, 6.45) is 9.76. The Morgan fingerprint density at radius 2 is 1.55 bits per heavy atom. The van der Waals surface area contributed by atoms with Gasteiger partial charge in [-0.3, -0.25) is 0 Å². The number of rotatable bonds is 3. The summed E-state index contributed by atoms with van der Waals surface area (Å²) in [6, 6.07) is 8.72. The molecule has 2 fully saturated rings. The molecule has 1 saturated carbocycles. The number of hydrogen-bond acceptors (Lipinski definition) is 0. The van der Waals surface area contributed by atoms with Crippen LogP contribution >= 0.6 is 11.6 Å². The van der Waals surface area contributed by atoms with Crippen molar-refractivity contribution in [3.05, 3.63) is 34.9 Å². The molecule has 1 aromatic carbocycles. The van der Waals surface area contributed by atoms with E-state index >= 15 is 0 Å². The molecule has 0 radical (unpaired) electrons. The van der Waals surface area contributed by atoms with Crippen LogP contribution in [0.5, 0.6) is 0 Å². The summed E-state index contributed by atoms with van der Waals surface area (Å²) in [5.41, 5.74) is 1.95. The summed E-state index contributed by atoms with van der Waals surface area (Å²) in [5, 5.41) is 0.861. The number of halogens is 1. The Balaban J connectivity index is 1.86. The van der Waals surface area contributed by atoms with Gasteiger partial charge >= 0.3 is 0 Å². The highest BCUT2D eigenvalue weighted by atomic mass is 35.5. The molecule has 0 aromatic heterocycles. The summed E-state index contributed by atoms with van der Waals surface area (Å²) >= 11 is 6.08. The van der Waals surface area contributed by atoms with E-state index < -0.39 is 0 Å². The summed E-state index contributed by atoms with van der Waals surface area (Å²) in [6.45, 7) is 4.07. The normalized spacial score (nSPS) is 24.7. The fourth-order valence-electron chi connectivity index (χ4n) is 4.56. The lowest BCUT2D eigenvalue weighted by atomic mass is 9.77. The van der Waals surface area contributed by atoms with Gasteiger partial charge in [0.05, 0.1) is 26.7 Å². The SMILES string of the molecule is C[N+]1(CC2(c3ccc(Cl)cc3)CCCC2)CCCCC1. The van der Waals surface area contributed by atoms with E-state index in [1.54, 1.807) is 0 Å². The minimum atomic E-state index is 0.413. The van der Waals surface area contributed by atoms with Gasteiger partial charge in [0.2, 0.25) is 0 Å². The van der Waals surface area contributed by atoms with E-state index in [4.69, 9.17) is 11.6 Å². The molecular formula is C18H27ClN+. The minimum Gasteiger partial charge on any atom is -0.325 e. The van der Waals surface area contributed by atoms with E-state index in [2.05, 4.69) is 31.3 Å². The van der Waals surface area contributed by atoms with Gasteiger partial charge in [0.15, 0.2) is 0 Å². The molecule has 1 saturated heterocycles. The van der Waals surface area contributed by atoms with E-state index in [1.165, 1.54) is 74.6 Å². The lowest BCUT2D eigenvalue weighted by molar-refractivity contribution is -0.918. The van der Waals surface area contributed by atoms with Gasteiger partial charge in [-0.15, -0.1) is 0 Å². The Hall–Kier alpha value is -0.530. The van der Waals surface area contributed by atoms with Crippen LogP contribution in [0.4, 0.5) is 0 Å². The molecule has 1 aromatic rings. The first-order chi connectivity index (χ1) is 9.62. The standard InChI is InChI=1S/C18H27ClN/c1-20(13-5-2-6-14-20)15-18(11-3-4-12-18)16-7-9-17(19)10-8-16/h7-10H,2-6,11-15H2,1H3/q+1. The maximum Gasteiger partial charge on any atom is 0.0882 e. The number of likely N-dealkylation sites (N-methyl/N-ethyl adjacent to an activating group) is 1. The van der Waals surface area contributed by atoms with Crippen LogP contribution < -0.4 is 0 Å². The molecule has 1 aliphatic carbocycles. The van der Waals surface area contributed by atoms with Crippen LogP contribution in [0.1, 0.15) is 50.5 Å². The Labute approximate surface area is 128 Å². The minimum absolute atomic E-state index is 0.413. The highest BCUT2D eigenvalue weighted by Gasteiger charge is 2.42. The molecule has 2 aliphatic rings. The van der Waals surface area contributed by atoms with E-state index in [0.717, 1.165) is 5.02 Å². The zero-order valence-corrected chi connectivity index (χ0v) is 13.5. The van der Waals surface area contributed by atoms with Gasteiger partial charge in [0.25, 0.3) is 0 Å². The van der Waals surface area contributed by atoms with E-state index in [0.29, 0.717) is 5.41 Å². The molecule has 0 spiro atoms. The van der Waals surface area contributed by atoms with Crippen LogP contribution in [0.2, 0.25) is 5.02 Å². The number of hydrogen-bond donors (Lipinski definition) is 0. The van der Waals surface area contributed by atoms with E-state index in [1.807, 2.05) is 0 Å². The molecule has 1 nitrogen and oxygen atoms in total. The van der Waals surface area contributed by atoms with Gasteiger partial charge in [-0.25, -0.2) is 0 Å². The molecule has 3 rings (SSSR count). The first kappa shape index (κ1) is 14.4. The maximum atomic E-state index is 6.08. The second-order valence-electron chi connectivity index (χ2n) is 7.28. The van der Waals surface area contributed by atoms with Crippen LogP contribution in [0.3, 0.4) is 0 Å². The van der Waals surface area contributed by atoms with E-state index in [-0.39, 0.29) is 0 Å². The average molecular weight is 293 g/mol. The molecule has 0 amide bonds. The molecule has 2 heteroatoms. The van der Waals surface area contributed by atoms with Gasteiger partial charge in [-0.05, 0) is 49.8 Å². The van der Waals surface area contributed by atoms with E-state index in [9.17, 15) is 0 Å². The van der Waals surface area contributed by atoms with Crippen molar-refractivity contribution in [2.75, 3.05) is 26.7 Å². The first-order valence-electron chi connectivity index (χ1n) is 8.22. The quantitative estimate of drug-likeness (QED) is 0.703. The van der Waals surface area contributed by atoms with Gasteiger partial charge in [-0.2, -0.15) is 0 Å². The molecule has 1 aliphatic heterocycles. The molecule has 0 N–H and O–H groups in total. The molecule has 1 heterocycles. The summed E-state index contributed by atoms with van der Waals surface area (Å²) in [5.74, 6) is 0. The predicted octanol–water partition coefficient (Wildman–Crippen LogP) is 4.78. The number of nitrogens with zero attached hydrogens (tertiary/aromatic N) is 1. The van der Waals surface area contributed by atoms with Crippen molar-refractivity contribution in [2.45, 2.75) is 50.4 Å². The van der Waals surface area contributed by atoms with Crippen molar-refractivity contribution in [1.29, 1.82) is 0 Å². The maximum absolute atomic E-state index is 6.08. The molecule has 0 unspecified atom stereocenters. The molecule has 110 valence electrons. The van der Waals surface area contributed by atoms with Gasteiger partial charge < -0.3 is 4.48 Å². The fraction of sp³-hybridized carbons (Fsp3) is 0.667. The Bertz CT molecular complexity index is 439. The predicted molar refractivity (Wildman–Crippen MR) is 86.2 cm³/mol. The number of benzene rings is 1. The Morgan fingerprint density at radius 1 is 0.950 bits per heavy atom. The first-order valence-corrected chi connectivity index (χ1v) is 8.59. The third kappa shape index (κ3) is 2.89. The Morgan fingerprint density at radius 3 is 2.15 bits per heavy atom. The van der Waals surface area contributed by atoms with Crippen molar-refractivity contribution in [1.82, 2.24) is 0 Å². The summed E-state index contributed by atoms with van der Waals surface area (Å²) < 4.78 is 1.28. The third-order valence-corrected chi connectivity index (χ3v) is 5.85. The highest BCUT2D eigenvalue weighted by molar-refractivity contribution is 6.30.